The van der Waals surface area contributed by atoms with Crippen LogP contribution in [0.3, 0.4) is 0 Å². The van der Waals surface area contributed by atoms with E-state index >= 15 is 0 Å². The second-order valence-corrected chi connectivity index (χ2v) is 2.68. The van der Waals surface area contributed by atoms with Crippen LogP contribution in [0.1, 0.15) is 11.8 Å². The van der Waals surface area contributed by atoms with Crippen molar-refractivity contribution in [3.63, 3.8) is 0 Å². The third-order valence-electron chi connectivity index (χ3n) is 0.698. The van der Waals surface area contributed by atoms with Crippen molar-refractivity contribution in [2.24, 2.45) is 5.73 Å². The molecule has 1 aromatic heterocycles. The number of nitrogens with one attached hydrogen (secondary N) is 1. The standard InChI is InChI=1S/C4H5N3S.C2H4O2/c5-4(6)3-1-7-2-8-3;1-2(3)4/h1-2H,(H3,5,6);1H3,(H,3,4). The van der Waals surface area contributed by atoms with Gasteiger partial charge in [-0.15, -0.1) is 11.3 Å². The molecule has 1 aromatic rings. The van der Waals surface area contributed by atoms with Crippen molar-refractivity contribution in [3.05, 3.63) is 16.6 Å². The molecule has 0 saturated carbocycles. The summed E-state index contributed by atoms with van der Waals surface area (Å²) >= 11 is 1.37. The van der Waals surface area contributed by atoms with E-state index in [4.69, 9.17) is 21.0 Å². The maximum Gasteiger partial charge on any atom is 0.300 e. The monoisotopic (exact) mass is 187 g/mol. The lowest BCUT2D eigenvalue weighted by atomic mass is 10.5. The fourth-order valence-electron chi connectivity index (χ4n) is 0.349. The van der Waals surface area contributed by atoms with Gasteiger partial charge in [0.05, 0.1) is 10.4 Å². The molecule has 4 N–H and O–H groups in total. The summed E-state index contributed by atoms with van der Waals surface area (Å²) < 4.78 is 0. The number of nitrogens with two attached hydrogens (primary N) is 1. The van der Waals surface area contributed by atoms with E-state index < -0.39 is 5.97 Å². The van der Waals surface area contributed by atoms with Crippen LogP contribution < -0.4 is 5.73 Å². The molecule has 0 aliphatic heterocycles. The number of hydrogen-bond donors (Lipinski definition) is 3. The highest BCUT2D eigenvalue weighted by Crippen LogP contribution is 2.01. The summed E-state index contributed by atoms with van der Waals surface area (Å²) in [5, 5.41) is 14.3. The number of thiazole rings is 1. The van der Waals surface area contributed by atoms with Gasteiger partial charge in [-0.05, 0) is 0 Å². The molecule has 0 amide bonds. The maximum absolute atomic E-state index is 9.00. The number of aromatic nitrogens is 1. The van der Waals surface area contributed by atoms with Crippen LogP contribution >= 0.6 is 11.3 Å². The molecule has 0 atom stereocenters. The molecule has 5 nitrogen and oxygen atoms in total. The number of aliphatic carboxylic acids is 1. The highest BCUT2D eigenvalue weighted by atomic mass is 32.1. The third-order valence-corrected chi connectivity index (χ3v) is 1.50. The predicted molar refractivity (Wildman–Crippen MR) is 46.4 cm³/mol. The first-order valence-electron chi connectivity index (χ1n) is 2.96. The van der Waals surface area contributed by atoms with Crippen LogP contribution in [0.5, 0.6) is 0 Å². The minimum atomic E-state index is -0.833. The van der Waals surface area contributed by atoms with Crippen LogP contribution in [0, 0.1) is 5.41 Å². The first-order valence-corrected chi connectivity index (χ1v) is 3.84. The lowest BCUT2D eigenvalue weighted by Gasteiger charge is -1.83. The topological polar surface area (TPSA) is 100 Å². The Morgan fingerprint density at radius 2 is 2.33 bits per heavy atom. The lowest BCUT2D eigenvalue weighted by molar-refractivity contribution is -0.134. The Balaban J connectivity index is 0.000000261. The molecular formula is C6H9N3O2S. The largest absolute Gasteiger partial charge is 0.481 e. The van der Waals surface area contributed by atoms with Gasteiger partial charge in [-0.25, -0.2) is 0 Å². The predicted octanol–water partition coefficient (Wildman–Crippen LogP) is 0.518. The van der Waals surface area contributed by atoms with Gasteiger partial charge in [0.15, 0.2) is 0 Å². The van der Waals surface area contributed by atoms with Crippen LogP contribution in [-0.4, -0.2) is 21.9 Å². The zero-order valence-corrected chi connectivity index (χ0v) is 7.26. The minimum absolute atomic E-state index is 0.0903. The molecule has 66 valence electrons. The molecule has 0 aromatic carbocycles. The van der Waals surface area contributed by atoms with Crippen LogP contribution in [0.2, 0.25) is 0 Å². The van der Waals surface area contributed by atoms with Gasteiger partial charge in [0.2, 0.25) is 0 Å². The Morgan fingerprint density at radius 3 is 2.50 bits per heavy atom. The highest BCUT2D eigenvalue weighted by molar-refractivity contribution is 7.11. The zero-order valence-electron chi connectivity index (χ0n) is 6.44. The first-order chi connectivity index (χ1) is 5.54. The quantitative estimate of drug-likeness (QED) is 0.440. The van der Waals surface area contributed by atoms with Crippen LogP contribution in [0.15, 0.2) is 11.7 Å². The number of carboxylic acids is 1. The van der Waals surface area contributed by atoms with Gasteiger partial charge < -0.3 is 10.8 Å². The average Bonchev–Trinajstić information content (AvgIpc) is 2.34. The SMILES string of the molecule is CC(=O)O.N=C(N)c1cncs1. The third kappa shape index (κ3) is 5.36. The molecular weight excluding hydrogens is 178 g/mol. The zero-order chi connectivity index (χ0) is 9.56. The number of rotatable bonds is 1. The van der Waals surface area contributed by atoms with E-state index in [9.17, 15) is 0 Å². The van der Waals surface area contributed by atoms with Crippen molar-refractivity contribution in [3.8, 4) is 0 Å². The molecule has 0 aliphatic rings. The summed E-state index contributed by atoms with van der Waals surface area (Å²) in [6, 6.07) is 0. The van der Waals surface area contributed by atoms with E-state index in [0.717, 1.165) is 11.8 Å². The molecule has 0 bridgehead atoms. The second-order valence-electron chi connectivity index (χ2n) is 1.80. The molecule has 0 saturated heterocycles. The van der Waals surface area contributed by atoms with Crippen molar-refractivity contribution in [2.75, 3.05) is 0 Å². The minimum Gasteiger partial charge on any atom is -0.481 e. The first kappa shape index (κ1) is 10.6. The Bertz CT molecular complexity index is 254. The molecule has 6 heteroatoms. The maximum atomic E-state index is 9.00. The summed E-state index contributed by atoms with van der Waals surface area (Å²) in [4.78, 5) is 13.5. The molecule has 12 heavy (non-hydrogen) atoms. The summed E-state index contributed by atoms with van der Waals surface area (Å²) in [6.45, 7) is 1.08. The number of carboxylic acid groups (broad SMARTS) is 1. The van der Waals surface area contributed by atoms with Crippen molar-refractivity contribution in [1.29, 1.82) is 5.41 Å². The molecule has 0 unspecified atom stereocenters. The summed E-state index contributed by atoms with van der Waals surface area (Å²) in [7, 11) is 0. The number of nitrogens with zero attached hydrogens (tertiary/aromatic N) is 1. The van der Waals surface area contributed by atoms with Gasteiger partial charge in [-0.1, -0.05) is 0 Å². The normalized spacial score (nSPS) is 8.08. The summed E-state index contributed by atoms with van der Waals surface area (Å²) in [5.41, 5.74) is 6.76. The van der Waals surface area contributed by atoms with Gasteiger partial charge in [-0.2, -0.15) is 0 Å². The fraction of sp³-hybridized carbons (Fsp3) is 0.167. The van der Waals surface area contributed by atoms with Crippen LogP contribution in [-0.2, 0) is 4.79 Å². The highest BCUT2D eigenvalue weighted by Gasteiger charge is 1.93. The average molecular weight is 187 g/mol. The smallest absolute Gasteiger partial charge is 0.300 e. The van der Waals surface area contributed by atoms with Crippen molar-refractivity contribution in [1.82, 2.24) is 4.98 Å². The van der Waals surface area contributed by atoms with E-state index in [2.05, 4.69) is 4.98 Å². The number of hydrogen-bond acceptors (Lipinski definition) is 4. The van der Waals surface area contributed by atoms with Gasteiger partial charge in [0.25, 0.3) is 5.97 Å². The Labute approximate surface area is 73.4 Å². The number of nitrogen functional groups attached to an aromatic ring is 1. The Hall–Kier alpha value is -1.43. The summed E-state index contributed by atoms with van der Waals surface area (Å²) in [5.74, 6) is -0.743. The molecule has 0 radical (unpaired) electrons. The van der Waals surface area contributed by atoms with Crippen LogP contribution in [0.4, 0.5) is 0 Å². The Kier molecular flexibility index (Phi) is 4.62. The molecule has 0 aliphatic carbocycles. The number of amidine groups is 1. The molecule has 1 heterocycles. The van der Waals surface area contributed by atoms with Crippen LogP contribution in [0.25, 0.3) is 0 Å². The number of carbonyl (C=O) groups is 1. The lowest BCUT2D eigenvalue weighted by Crippen LogP contribution is -2.08. The van der Waals surface area contributed by atoms with E-state index in [0.29, 0.717) is 0 Å². The van der Waals surface area contributed by atoms with E-state index in [1.165, 1.54) is 11.3 Å². The van der Waals surface area contributed by atoms with Crippen molar-refractivity contribution >= 4 is 23.1 Å². The van der Waals surface area contributed by atoms with Crippen molar-refractivity contribution in [2.45, 2.75) is 6.92 Å². The fourth-order valence-corrected chi connectivity index (χ4v) is 0.833. The molecule has 1 rings (SSSR count). The van der Waals surface area contributed by atoms with Gasteiger partial charge in [-0.3, -0.25) is 15.2 Å². The van der Waals surface area contributed by atoms with Gasteiger partial charge in [0.1, 0.15) is 5.84 Å². The van der Waals surface area contributed by atoms with Gasteiger partial charge in [0, 0.05) is 13.1 Å². The summed E-state index contributed by atoms with van der Waals surface area (Å²) in [6.07, 6.45) is 1.58. The second kappa shape index (κ2) is 5.25. The Morgan fingerprint density at radius 1 is 1.83 bits per heavy atom. The van der Waals surface area contributed by atoms with Crippen molar-refractivity contribution < 1.29 is 9.90 Å². The molecule has 0 fully saturated rings. The molecule has 0 spiro atoms. The van der Waals surface area contributed by atoms with Gasteiger partial charge >= 0.3 is 0 Å². The van der Waals surface area contributed by atoms with E-state index in [1.807, 2.05) is 0 Å². The van der Waals surface area contributed by atoms with E-state index in [-0.39, 0.29) is 5.84 Å². The van der Waals surface area contributed by atoms with E-state index in [1.54, 1.807) is 11.7 Å².